The monoisotopic (exact) mass is 1050 g/mol. The molecule has 0 saturated carbocycles. The van der Waals surface area contributed by atoms with Gasteiger partial charge < -0.3 is 14.1 Å². The average Bonchev–Trinajstić information content (AvgIpc) is 4.02. The van der Waals surface area contributed by atoms with Crippen molar-refractivity contribution in [1.82, 2.24) is 14.1 Å². The number of benzene rings is 9. The number of hydrogen-bond donors (Lipinski definition) is 1. The Hall–Kier alpha value is -7.17. The zero-order valence-electron chi connectivity index (χ0n) is 35.1. The molecule has 0 radical (unpaired) electrons. The van der Waals surface area contributed by atoms with Crippen molar-refractivity contribution in [3.05, 3.63) is 236 Å². The summed E-state index contributed by atoms with van der Waals surface area (Å²) < 4.78 is 7.56. The van der Waals surface area contributed by atoms with Gasteiger partial charge in [0, 0.05) is 84.8 Å². The summed E-state index contributed by atoms with van der Waals surface area (Å²) in [7, 11) is 0. The third-order valence-corrected chi connectivity index (χ3v) is 12.8. The van der Waals surface area contributed by atoms with Crippen LogP contribution in [0, 0.1) is 0 Å². The van der Waals surface area contributed by atoms with Crippen molar-refractivity contribution in [2.24, 2.45) is 0 Å². The van der Waals surface area contributed by atoms with Crippen LogP contribution in [0.5, 0.6) is 0 Å². The van der Waals surface area contributed by atoms with Gasteiger partial charge in [0.25, 0.3) is 0 Å². The summed E-state index contributed by atoms with van der Waals surface area (Å²) in [6.45, 7) is 0. The summed E-state index contributed by atoms with van der Waals surface area (Å²) in [4.78, 5) is 35.2. The Morgan fingerprint density at radius 2 is 0.636 bits per heavy atom. The molecular weight excluding hydrogens is 1010 g/mol. The number of aromatic nitrogens is 3. The predicted octanol–water partition coefficient (Wildman–Crippen LogP) is 16.3. The number of nitrogens with zero attached hydrogens (tertiary/aromatic N) is 2. The summed E-state index contributed by atoms with van der Waals surface area (Å²) >= 11 is 10.4. The van der Waals surface area contributed by atoms with E-state index in [9.17, 15) is 14.4 Å². The molecule has 0 saturated heterocycles. The lowest BCUT2D eigenvalue weighted by Crippen LogP contribution is -1.94. The van der Waals surface area contributed by atoms with Crippen LogP contribution in [-0.4, -0.2) is 33.0 Å². The van der Waals surface area contributed by atoms with E-state index in [1.54, 1.807) is 12.1 Å². The minimum absolute atomic E-state index is 0.681. The van der Waals surface area contributed by atoms with Gasteiger partial charge in [0.2, 0.25) is 0 Å². The maximum absolute atomic E-state index is 10.9. The number of aldehydes is 3. The van der Waals surface area contributed by atoms with Crippen LogP contribution < -0.4 is 0 Å². The van der Waals surface area contributed by atoms with E-state index in [-0.39, 0.29) is 0 Å². The molecule has 0 aliphatic carbocycles. The second-order valence-corrected chi connectivity index (χ2v) is 18.1. The summed E-state index contributed by atoms with van der Waals surface area (Å²) in [6, 6.07) is 68.7. The van der Waals surface area contributed by atoms with E-state index in [0.29, 0.717) is 16.7 Å². The van der Waals surface area contributed by atoms with Crippen LogP contribution in [0.3, 0.4) is 0 Å². The first kappa shape index (κ1) is 44.1. The maximum Gasteiger partial charge on any atom is 0.150 e. The van der Waals surface area contributed by atoms with Gasteiger partial charge >= 0.3 is 0 Å². The Kier molecular flexibility index (Phi) is 13.3. The summed E-state index contributed by atoms with van der Waals surface area (Å²) in [5.74, 6) is 0. The Bertz CT molecular complexity index is 3520. The van der Waals surface area contributed by atoms with Crippen LogP contribution in [-0.2, 0) is 0 Å². The third kappa shape index (κ3) is 9.19. The first-order valence-corrected chi connectivity index (χ1v) is 23.4. The molecule has 0 amide bonds. The van der Waals surface area contributed by atoms with Crippen molar-refractivity contribution in [2.75, 3.05) is 0 Å². The normalized spacial score (nSPS) is 10.8. The lowest BCUT2D eigenvalue weighted by Gasteiger charge is -2.08. The van der Waals surface area contributed by atoms with Gasteiger partial charge in [-0.25, -0.2) is 0 Å². The second kappa shape index (κ2) is 19.9. The first-order valence-electron chi connectivity index (χ1n) is 21.0. The largest absolute Gasteiger partial charge is 0.355 e. The van der Waals surface area contributed by atoms with Gasteiger partial charge in [0.15, 0.2) is 0 Å². The van der Waals surface area contributed by atoms with Gasteiger partial charge in [-0.3, -0.25) is 14.4 Å². The van der Waals surface area contributed by atoms with Gasteiger partial charge in [-0.1, -0.05) is 133 Å². The number of H-pyrrole nitrogens is 1. The smallest absolute Gasteiger partial charge is 0.150 e. The van der Waals surface area contributed by atoms with Crippen LogP contribution in [0.25, 0.3) is 76.8 Å². The van der Waals surface area contributed by atoms with Crippen molar-refractivity contribution in [1.29, 1.82) is 0 Å². The number of carbonyl (C=O) groups is 3. The zero-order chi connectivity index (χ0) is 45.6. The number of rotatable bonds is 5. The van der Waals surface area contributed by atoms with Crippen LogP contribution in [0.15, 0.2) is 220 Å². The molecule has 0 spiro atoms. The molecule has 12 rings (SSSR count). The zero-order valence-corrected chi connectivity index (χ0v) is 39.9. The molecule has 0 bridgehead atoms. The Morgan fingerprint density at radius 3 is 1.03 bits per heavy atom. The fraction of sp³-hybridized carbons (Fsp3) is 0. The number of halogens is 3. The number of fused-ring (bicyclic) bond motifs is 9. The van der Waals surface area contributed by atoms with Crippen molar-refractivity contribution >= 4 is 132 Å². The van der Waals surface area contributed by atoms with E-state index >= 15 is 0 Å². The van der Waals surface area contributed by atoms with E-state index in [2.05, 4.69) is 183 Å². The van der Waals surface area contributed by atoms with E-state index in [1.807, 2.05) is 72.8 Å². The third-order valence-electron chi connectivity index (χ3n) is 11.3. The van der Waals surface area contributed by atoms with Crippen molar-refractivity contribution in [3.63, 3.8) is 0 Å². The van der Waals surface area contributed by atoms with Crippen LogP contribution in [0.4, 0.5) is 0 Å². The highest BCUT2D eigenvalue weighted by Gasteiger charge is 2.14. The van der Waals surface area contributed by atoms with Gasteiger partial charge in [-0.05, 0) is 121 Å². The minimum atomic E-state index is 0.681. The molecule has 0 atom stereocenters. The summed E-state index contributed by atoms with van der Waals surface area (Å²) in [5.41, 5.74) is 11.2. The highest BCUT2D eigenvalue weighted by molar-refractivity contribution is 9.11. The lowest BCUT2D eigenvalue weighted by molar-refractivity contribution is 0.111. The summed E-state index contributed by atoms with van der Waals surface area (Å²) in [6.07, 6.45) is 2.56. The molecule has 3 heterocycles. The van der Waals surface area contributed by atoms with Gasteiger partial charge in [0.05, 0.1) is 22.1 Å². The molecule has 0 unspecified atom stereocenters. The number of para-hydroxylation sites is 4. The van der Waals surface area contributed by atoms with Gasteiger partial charge in [0.1, 0.15) is 18.9 Å². The average molecular weight is 1050 g/mol. The standard InChI is InChI=1S/C19H11Br2NO.C19H13NO.C12H9N.C7H5BrO/c20-13-3-7-18-16(9-13)17-10-14(21)4-8-19(17)22(18)15-5-1-12(11-23)2-6-15;21-13-14-9-11-15(12-10-14)20-18-7-3-1-5-16(18)17-6-2-4-8-19(17)20;1-3-7-11-9(5-1)10-6-2-4-8-12(10)13-11;8-7-3-1-6(5-9)2-4-7/h1-11H;1-13H;1-8,13H;1-5H. The summed E-state index contributed by atoms with van der Waals surface area (Å²) in [5, 5.41) is 7.47. The maximum atomic E-state index is 10.9. The van der Waals surface area contributed by atoms with E-state index < -0.39 is 0 Å². The molecule has 6 nitrogen and oxygen atoms in total. The molecule has 9 aromatic carbocycles. The first-order chi connectivity index (χ1) is 32.3. The SMILES string of the molecule is O=Cc1ccc(-n2c3ccc(Br)cc3c3cc(Br)ccc32)cc1.O=Cc1ccc(-n2c3ccccc3c3ccccc32)cc1.O=Cc1ccc(Br)cc1.c1ccc2c(c1)[nH]c1ccccc12. The molecule has 0 aliphatic heterocycles. The number of aromatic amines is 1. The van der Waals surface area contributed by atoms with E-state index in [1.165, 1.54) is 54.4 Å². The number of carbonyl (C=O) groups excluding carboxylic acids is 3. The molecule has 3 aromatic heterocycles. The Morgan fingerprint density at radius 1 is 0.318 bits per heavy atom. The molecule has 0 aliphatic rings. The van der Waals surface area contributed by atoms with E-state index in [0.717, 1.165) is 54.7 Å². The molecule has 9 heteroatoms. The predicted molar refractivity (Wildman–Crippen MR) is 283 cm³/mol. The Labute approximate surface area is 405 Å². The fourth-order valence-corrected chi connectivity index (χ4v) is 9.18. The van der Waals surface area contributed by atoms with E-state index in [4.69, 9.17) is 0 Å². The molecule has 320 valence electrons. The van der Waals surface area contributed by atoms with Crippen LogP contribution in [0.1, 0.15) is 31.1 Å². The molecule has 0 fully saturated rings. The lowest BCUT2D eigenvalue weighted by atomic mass is 10.2. The highest BCUT2D eigenvalue weighted by atomic mass is 79.9. The number of nitrogens with one attached hydrogen (secondary N) is 1. The number of hydrogen-bond acceptors (Lipinski definition) is 3. The van der Waals surface area contributed by atoms with Crippen molar-refractivity contribution in [2.45, 2.75) is 0 Å². The van der Waals surface area contributed by atoms with Gasteiger partial charge in [-0.2, -0.15) is 0 Å². The Balaban J connectivity index is 0.000000117. The molecule has 12 aromatic rings. The molecule has 1 N–H and O–H groups in total. The van der Waals surface area contributed by atoms with Crippen LogP contribution >= 0.6 is 47.8 Å². The van der Waals surface area contributed by atoms with Crippen molar-refractivity contribution in [3.8, 4) is 11.4 Å². The van der Waals surface area contributed by atoms with Crippen molar-refractivity contribution < 1.29 is 14.4 Å². The van der Waals surface area contributed by atoms with Gasteiger partial charge in [-0.15, -0.1) is 0 Å². The quantitative estimate of drug-likeness (QED) is 0.175. The topological polar surface area (TPSA) is 76.9 Å². The fourth-order valence-electron chi connectivity index (χ4n) is 8.19. The van der Waals surface area contributed by atoms with Crippen LogP contribution in [0.2, 0.25) is 0 Å². The molecule has 66 heavy (non-hydrogen) atoms. The minimum Gasteiger partial charge on any atom is -0.355 e. The second-order valence-electron chi connectivity index (χ2n) is 15.3. The highest BCUT2D eigenvalue weighted by Crippen LogP contribution is 2.36. The molecular formula is C57H38Br3N3O3.